The van der Waals surface area contributed by atoms with Crippen LogP contribution >= 0.6 is 0 Å². The highest BCUT2D eigenvalue weighted by atomic mass is 16.5. The number of hydrogen-bond donors (Lipinski definition) is 2. The molecule has 7 nitrogen and oxygen atoms in total. The Balaban J connectivity index is 1.46. The van der Waals surface area contributed by atoms with E-state index in [2.05, 4.69) is 20.8 Å². The van der Waals surface area contributed by atoms with E-state index in [9.17, 15) is 0 Å². The fraction of sp³-hybridized carbons (Fsp3) is 0.842. The maximum absolute atomic E-state index is 5.72. The van der Waals surface area contributed by atoms with Gasteiger partial charge < -0.3 is 19.9 Å². The lowest BCUT2D eigenvalue weighted by atomic mass is 9.96. The van der Waals surface area contributed by atoms with Gasteiger partial charge in [0, 0.05) is 32.8 Å². The summed E-state index contributed by atoms with van der Waals surface area (Å²) in [6.07, 6.45) is 10.1. The molecule has 0 aromatic carbocycles. The molecule has 0 amide bonds. The number of hydrogen-bond acceptors (Lipinski definition) is 4. The SMILES string of the molecule is Cc1nnc(CN=C(NCCCOCC2CC2)NC2CCCCC2)n1C. The molecule has 0 bridgehead atoms. The van der Waals surface area contributed by atoms with Crippen molar-refractivity contribution in [3.8, 4) is 0 Å². The maximum Gasteiger partial charge on any atom is 0.191 e. The molecule has 2 saturated carbocycles. The van der Waals surface area contributed by atoms with Gasteiger partial charge in [0.2, 0.25) is 0 Å². The highest BCUT2D eigenvalue weighted by Gasteiger charge is 2.20. The van der Waals surface area contributed by atoms with Crippen molar-refractivity contribution in [3.63, 3.8) is 0 Å². The van der Waals surface area contributed by atoms with Crippen LogP contribution in [0.15, 0.2) is 4.99 Å². The van der Waals surface area contributed by atoms with Crippen LogP contribution in [-0.4, -0.2) is 46.5 Å². The van der Waals surface area contributed by atoms with Crippen LogP contribution < -0.4 is 10.6 Å². The van der Waals surface area contributed by atoms with Gasteiger partial charge in [-0.05, 0) is 44.9 Å². The Bertz CT molecular complexity index is 575. The number of aromatic nitrogens is 3. The molecule has 0 saturated heterocycles. The van der Waals surface area contributed by atoms with Crippen LogP contribution in [0.4, 0.5) is 0 Å². The zero-order valence-electron chi connectivity index (χ0n) is 16.3. The van der Waals surface area contributed by atoms with E-state index >= 15 is 0 Å². The van der Waals surface area contributed by atoms with Crippen molar-refractivity contribution >= 4 is 5.96 Å². The number of ether oxygens (including phenoxy) is 1. The van der Waals surface area contributed by atoms with E-state index in [1.54, 1.807) is 0 Å². The predicted molar refractivity (Wildman–Crippen MR) is 103 cm³/mol. The molecular weight excluding hydrogens is 328 g/mol. The molecule has 2 fully saturated rings. The Hall–Kier alpha value is -1.63. The Kier molecular flexibility index (Phi) is 7.29. The Morgan fingerprint density at radius 1 is 1.19 bits per heavy atom. The quantitative estimate of drug-likeness (QED) is 0.400. The summed E-state index contributed by atoms with van der Waals surface area (Å²) in [4.78, 5) is 4.75. The van der Waals surface area contributed by atoms with Crippen LogP contribution in [0.2, 0.25) is 0 Å². The lowest BCUT2D eigenvalue weighted by Gasteiger charge is -2.25. The minimum atomic E-state index is 0.530. The van der Waals surface area contributed by atoms with Crippen LogP contribution in [0.25, 0.3) is 0 Å². The smallest absolute Gasteiger partial charge is 0.191 e. The Morgan fingerprint density at radius 3 is 2.69 bits per heavy atom. The normalized spacial score (nSPS) is 18.9. The first kappa shape index (κ1) is 19.1. The zero-order chi connectivity index (χ0) is 18.2. The monoisotopic (exact) mass is 362 g/mol. The van der Waals surface area contributed by atoms with Crippen LogP contribution in [0.3, 0.4) is 0 Å². The van der Waals surface area contributed by atoms with Gasteiger partial charge in [0.15, 0.2) is 11.8 Å². The third kappa shape index (κ3) is 6.27. The van der Waals surface area contributed by atoms with Crippen molar-refractivity contribution in [2.75, 3.05) is 19.8 Å². The minimum Gasteiger partial charge on any atom is -0.381 e. The zero-order valence-corrected chi connectivity index (χ0v) is 16.3. The third-order valence-corrected chi connectivity index (χ3v) is 5.32. The summed E-state index contributed by atoms with van der Waals surface area (Å²) in [6, 6.07) is 0.530. The van der Waals surface area contributed by atoms with Crippen LogP contribution in [0.5, 0.6) is 0 Å². The van der Waals surface area contributed by atoms with Crippen molar-refractivity contribution in [1.29, 1.82) is 0 Å². The third-order valence-electron chi connectivity index (χ3n) is 5.32. The first-order chi connectivity index (χ1) is 12.7. The minimum absolute atomic E-state index is 0.530. The molecular formula is C19H34N6O. The van der Waals surface area contributed by atoms with Crippen LogP contribution in [0, 0.1) is 12.8 Å². The first-order valence-corrected chi connectivity index (χ1v) is 10.2. The molecule has 0 radical (unpaired) electrons. The van der Waals surface area contributed by atoms with E-state index in [4.69, 9.17) is 9.73 Å². The van der Waals surface area contributed by atoms with Gasteiger partial charge in [0.25, 0.3) is 0 Å². The van der Waals surface area contributed by atoms with E-state index in [1.165, 1.54) is 44.9 Å². The number of rotatable bonds is 9. The number of aliphatic imine (C=N–C) groups is 1. The number of guanidine groups is 1. The van der Waals surface area contributed by atoms with Crippen molar-refractivity contribution in [2.45, 2.75) is 70.9 Å². The van der Waals surface area contributed by atoms with Crippen LogP contribution in [0.1, 0.15) is 63.0 Å². The summed E-state index contributed by atoms with van der Waals surface area (Å²) >= 11 is 0. The molecule has 0 atom stereocenters. The van der Waals surface area contributed by atoms with Gasteiger partial charge in [-0.1, -0.05) is 19.3 Å². The molecule has 1 aromatic heterocycles. The van der Waals surface area contributed by atoms with Crippen LogP contribution in [-0.2, 0) is 18.3 Å². The second-order valence-electron chi connectivity index (χ2n) is 7.67. The Morgan fingerprint density at radius 2 is 2.00 bits per heavy atom. The van der Waals surface area contributed by atoms with Crippen molar-refractivity contribution in [3.05, 3.63) is 11.6 Å². The standard InChI is InChI=1S/C19H34N6O/c1-15-23-24-18(25(15)2)13-21-19(22-17-7-4-3-5-8-17)20-11-6-12-26-14-16-9-10-16/h16-17H,3-14H2,1-2H3,(H2,20,21,22). The topological polar surface area (TPSA) is 76.4 Å². The molecule has 2 N–H and O–H groups in total. The molecule has 3 rings (SSSR count). The van der Waals surface area contributed by atoms with Gasteiger partial charge >= 0.3 is 0 Å². The lowest BCUT2D eigenvalue weighted by Crippen LogP contribution is -2.44. The molecule has 0 unspecified atom stereocenters. The summed E-state index contributed by atoms with van der Waals surface area (Å²) in [5.74, 6) is 3.53. The first-order valence-electron chi connectivity index (χ1n) is 10.2. The van der Waals surface area contributed by atoms with Crippen molar-refractivity contribution < 1.29 is 4.74 Å². The van der Waals surface area contributed by atoms with E-state index in [0.717, 1.165) is 49.7 Å². The number of nitrogens with zero attached hydrogens (tertiary/aromatic N) is 4. The molecule has 1 aromatic rings. The van der Waals surface area contributed by atoms with Crippen molar-refractivity contribution in [1.82, 2.24) is 25.4 Å². The van der Waals surface area contributed by atoms with Gasteiger partial charge in [0.1, 0.15) is 12.4 Å². The summed E-state index contributed by atoms with van der Waals surface area (Å²) in [6.45, 7) is 5.13. The highest BCUT2D eigenvalue weighted by molar-refractivity contribution is 5.80. The summed E-state index contributed by atoms with van der Waals surface area (Å²) in [7, 11) is 1.99. The maximum atomic E-state index is 5.72. The molecule has 2 aliphatic rings. The molecule has 1 heterocycles. The number of nitrogens with one attached hydrogen (secondary N) is 2. The molecule has 2 aliphatic carbocycles. The van der Waals surface area contributed by atoms with Gasteiger partial charge in [-0.25, -0.2) is 4.99 Å². The summed E-state index contributed by atoms with van der Waals surface area (Å²) in [5, 5.41) is 15.4. The van der Waals surface area contributed by atoms with E-state index in [-0.39, 0.29) is 0 Å². The summed E-state index contributed by atoms with van der Waals surface area (Å²) < 4.78 is 7.71. The second-order valence-corrected chi connectivity index (χ2v) is 7.67. The Labute approximate surface area is 157 Å². The largest absolute Gasteiger partial charge is 0.381 e. The molecule has 0 aliphatic heterocycles. The summed E-state index contributed by atoms with van der Waals surface area (Å²) in [5.41, 5.74) is 0. The average Bonchev–Trinajstić information content (AvgIpc) is 3.43. The fourth-order valence-corrected chi connectivity index (χ4v) is 3.25. The van der Waals surface area contributed by atoms with E-state index in [1.807, 2.05) is 18.5 Å². The van der Waals surface area contributed by atoms with Gasteiger partial charge in [0.05, 0.1) is 0 Å². The number of aryl methyl sites for hydroxylation is 1. The molecule has 0 spiro atoms. The molecule has 7 heteroatoms. The van der Waals surface area contributed by atoms with E-state index < -0.39 is 0 Å². The van der Waals surface area contributed by atoms with Gasteiger partial charge in [-0.15, -0.1) is 10.2 Å². The lowest BCUT2D eigenvalue weighted by molar-refractivity contribution is 0.123. The predicted octanol–water partition coefficient (Wildman–Crippen LogP) is 2.31. The van der Waals surface area contributed by atoms with Crippen molar-refractivity contribution in [2.24, 2.45) is 18.0 Å². The van der Waals surface area contributed by atoms with Gasteiger partial charge in [-0.3, -0.25) is 0 Å². The molecule has 146 valence electrons. The molecule has 26 heavy (non-hydrogen) atoms. The fourth-order valence-electron chi connectivity index (χ4n) is 3.25. The second kappa shape index (κ2) is 9.90. The van der Waals surface area contributed by atoms with Gasteiger partial charge in [-0.2, -0.15) is 0 Å². The average molecular weight is 363 g/mol. The van der Waals surface area contributed by atoms with E-state index in [0.29, 0.717) is 12.6 Å². The highest BCUT2D eigenvalue weighted by Crippen LogP contribution is 2.28.